The Kier molecular flexibility index (Phi) is 4.04. The molecule has 0 unspecified atom stereocenters. The van der Waals surface area contributed by atoms with Gasteiger partial charge in [-0.05, 0) is 34.1 Å². The van der Waals surface area contributed by atoms with E-state index in [0.29, 0.717) is 10.2 Å². The van der Waals surface area contributed by atoms with Crippen molar-refractivity contribution in [3.05, 3.63) is 46.2 Å². The zero-order chi connectivity index (χ0) is 15.6. The lowest BCUT2D eigenvalue weighted by atomic mass is 10.1. The van der Waals surface area contributed by atoms with E-state index in [2.05, 4.69) is 26.2 Å². The van der Waals surface area contributed by atoms with Crippen LogP contribution in [0.15, 0.2) is 35.1 Å². The lowest BCUT2D eigenvalue weighted by Crippen LogP contribution is -2.08. The van der Waals surface area contributed by atoms with Crippen LogP contribution in [-0.2, 0) is 6.18 Å². The van der Waals surface area contributed by atoms with E-state index >= 15 is 0 Å². The SMILES string of the molecule is N#Cc1ccc(Nc2c(N)cncc2Br)cc1C(F)(F)F. The van der Waals surface area contributed by atoms with Crippen LogP contribution < -0.4 is 11.1 Å². The molecule has 0 amide bonds. The Bertz CT molecular complexity index is 702. The van der Waals surface area contributed by atoms with Crippen molar-refractivity contribution in [1.82, 2.24) is 4.98 Å². The van der Waals surface area contributed by atoms with E-state index in [1.165, 1.54) is 24.5 Å². The molecule has 0 fully saturated rings. The van der Waals surface area contributed by atoms with E-state index in [0.717, 1.165) is 12.1 Å². The van der Waals surface area contributed by atoms with Crippen molar-refractivity contribution >= 4 is 33.0 Å². The number of alkyl halides is 3. The van der Waals surface area contributed by atoms with Gasteiger partial charge in [0.1, 0.15) is 0 Å². The molecule has 0 spiro atoms. The van der Waals surface area contributed by atoms with Crippen molar-refractivity contribution in [2.75, 3.05) is 11.1 Å². The van der Waals surface area contributed by atoms with Gasteiger partial charge in [0.2, 0.25) is 0 Å². The molecule has 0 atom stereocenters. The number of nitrogens with two attached hydrogens (primary N) is 1. The predicted molar refractivity (Wildman–Crippen MR) is 75.8 cm³/mol. The van der Waals surface area contributed by atoms with Crippen LogP contribution >= 0.6 is 15.9 Å². The number of pyridine rings is 1. The number of nitriles is 1. The molecule has 21 heavy (non-hydrogen) atoms. The van der Waals surface area contributed by atoms with Gasteiger partial charge in [-0.25, -0.2) is 0 Å². The van der Waals surface area contributed by atoms with Gasteiger partial charge >= 0.3 is 6.18 Å². The first-order valence-electron chi connectivity index (χ1n) is 5.60. The van der Waals surface area contributed by atoms with Crippen LogP contribution in [-0.4, -0.2) is 4.98 Å². The van der Waals surface area contributed by atoms with E-state index in [1.54, 1.807) is 0 Å². The number of anilines is 3. The number of nitrogen functional groups attached to an aromatic ring is 1. The molecule has 0 aliphatic heterocycles. The summed E-state index contributed by atoms with van der Waals surface area (Å²) in [6, 6.07) is 4.87. The molecule has 8 heteroatoms. The third-order valence-electron chi connectivity index (χ3n) is 2.64. The van der Waals surface area contributed by atoms with Crippen molar-refractivity contribution in [2.24, 2.45) is 0 Å². The molecule has 0 aliphatic rings. The summed E-state index contributed by atoms with van der Waals surface area (Å²) in [5, 5.41) is 11.5. The van der Waals surface area contributed by atoms with Gasteiger partial charge in [-0.15, -0.1) is 0 Å². The van der Waals surface area contributed by atoms with Crippen LogP contribution in [0.2, 0.25) is 0 Å². The van der Waals surface area contributed by atoms with Gasteiger partial charge in [-0.1, -0.05) is 0 Å². The smallest absolute Gasteiger partial charge is 0.396 e. The number of halogens is 4. The predicted octanol–water partition coefficient (Wildman–Crippen LogP) is 4.06. The Morgan fingerprint density at radius 3 is 2.57 bits per heavy atom. The van der Waals surface area contributed by atoms with Crippen molar-refractivity contribution < 1.29 is 13.2 Å². The fourth-order valence-corrected chi connectivity index (χ4v) is 2.13. The Morgan fingerprint density at radius 1 is 1.29 bits per heavy atom. The summed E-state index contributed by atoms with van der Waals surface area (Å²) in [6.07, 6.45) is -1.77. The number of aromatic nitrogens is 1. The van der Waals surface area contributed by atoms with Crippen molar-refractivity contribution in [3.63, 3.8) is 0 Å². The maximum absolute atomic E-state index is 12.9. The van der Waals surface area contributed by atoms with Crippen LogP contribution in [0.25, 0.3) is 0 Å². The second kappa shape index (κ2) is 5.61. The Morgan fingerprint density at radius 2 is 2.00 bits per heavy atom. The maximum Gasteiger partial charge on any atom is 0.417 e. The van der Waals surface area contributed by atoms with Crippen molar-refractivity contribution in [3.8, 4) is 6.07 Å². The van der Waals surface area contributed by atoms with Crippen LogP contribution in [0.1, 0.15) is 11.1 Å². The number of rotatable bonds is 2. The molecular weight excluding hydrogens is 349 g/mol. The van der Waals surface area contributed by atoms with Gasteiger partial charge < -0.3 is 11.1 Å². The number of hydrogen-bond donors (Lipinski definition) is 2. The standard InChI is InChI=1S/C13H8BrF3N4/c14-10-5-20-6-11(19)12(10)21-8-2-1-7(4-18)9(3-8)13(15,16)17/h1-3,5-6H,19H2,(H,20,21). The Balaban J connectivity index is 2.45. The first-order valence-corrected chi connectivity index (χ1v) is 6.39. The largest absolute Gasteiger partial charge is 0.417 e. The molecule has 3 N–H and O–H groups in total. The highest BCUT2D eigenvalue weighted by molar-refractivity contribution is 9.10. The lowest BCUT2D eigenvalue weighted by molar-refractivity contribution is -0.137. The number of nitrogens with zero attached hydrogens (tertiary/aromatic N) is 2. The summed E-state index contributed by atoms with van der Waals surface area (Å²) in [5.74, 6) is 0. The van der Waals surface area contributed by atoms with E-state index in [-0.39, 0.29) is 11.4 Å². The minimum absolute atomic E-state index is 0.167. The van der Waals surface area contributed by atoms with E-state index < -0.39 is 17.3 Å². The average molecular weight is 357 g/mol. The zero-order valence-electron chi connectivity index (χ0n) is 10.4. The van der Waals surface area contributed by atoms with Crippen LogP contribution in [0.4, 0.5) is 30.2 Å². The second-order valence-corrected chi connectivity index (χ2v) is 4.93. The van der Waals surface area contributed by atoms with Gasteiger partial charge in [0.05, 0.1) is 39.2 Å². The summed E-state index contributed by atoms with van der Waals surface area (Å²) in [7, 11) is 0. The number of hydrogen-bond acceptors (Lipinski definition) is 4. The highest BCUT2D eigenvalue weighted by atomic mass is 79.9. The van der Waals surface area contributed by atoms with Gasteiger partial charge in [-0.3, -0.25) is 4.98 Å². The Hall–Kier alpha value is -2.27. The highest BCUT2D eigenvalue weighted by Crippen LogP contribution is 2.36. The molecule has 4 nitrogen and oxygen atoms in total. The quantitative estimate of drug-likeness (QED) is 0.850. The lowest BCUT2D eigenvalue weighted by Gasteiger charge is -2.14. The summed E-state index contributed by atoms with van der Waals surface area (Å²) >= 11 is 3.21. The van der Waals surface area contributed by atoms with E-state index in [1.807, 2.05) is 0 Å². The summed E-state index contributed by atoms with van der Waals surface area (Å²) in [6.45, 7) is 0. The maximum atomic E-state index is 12.9. The molecule has 0 saturated heterocycles. The second-order valence-electron chi connectivity index (χ2n) is 4.08. The van der Waals surface area contributed by atoms with Crippen LogP contribution in [0, 0.1) is 11.3 Å². The average Bonchev–Trinajstić information content (AvgIpc) is 2.42. The molecule has 108 valence electrons. The first-order chi connectivity index (χ1) is 9.82. The summed E-state index contributed by atoms with van der Waals surface area (Å²) < 4.78 is 39.2. The zero-order valence-corrected chi connectivity index (χ0v) is 12.0. The fourth-order valence-electron chi connectivity index (χ4n) is 1.68. The van der Waals surface area contributed by atoms with Crippen molar-refractivity contribution in [1.29, 1.82) is 5.26 Å². The third kappa shape index (κ3) is 3.25. The van der Waals surface area contributed by atoms with Gasteiger partial charge in [-0.2, -0.15) is 18.4 Å². The molecule has 2 rings (SSSR count). The molecular formula is C13H8BrF3N4. The molecule has 1 aromatic heterocycles. The normalized spacial score (nSPS) is 11.0. The topological polar surface area (TPSA) is 74.7 Å². The molecule has 0 bridgehead atoms. The minimum atomic E-state index is -4.61. The molecule has 1 aromatic carbocycles. The number of benzene rings is 1. The molecule has 1 heterocycles. The third-order valence-corrected chi connectivity index (χ3v) is 3.25. The summed E-state index contributed by atoms with van der Waals surface area (Å²) in [4.78, 5) is 3.84. The first kappa shape index (κ1) is 15.1. The summed E-state index contributed by atoms with van der Waals surface area (Å²) in [5.41, 5.74) is 5.13. The molecule has 0 saturated carbocycles. The fraction of sp³-hybridized carbons (Fsp3) is 0.0769. The molecule has 0 radical (unpaired) electrons. The van der Waals surface area contributed by atoms with Gasteiger partial charge in [0, 0.05) is 11.9 Å². The van der Waals surface area contributed by atoms with Crippen molar-refractivity contribution in [2.45, 2.75) is 6.18 Å². The molecule has 0 aliphatic carbocycles. The minimum Gasteiger partial charge on any atom is -0.396 e. The number of nitrogens with one attached hydrogen (secondary N) is 1. The molecule has 2 aromatic rings. The van der Waals surface area contributed by atoms with Crippen LogP contribution in [0.5, 0.6) is 0 Å². The highest BCUT2D eigenvalue weighted by Gasteiger charge is 2.33. The monoisotopic (exact) mass is 356 g/mol. The van der Waals surface area contributed by atoms with Gasteiger partial charge in [0.25, 0.3) is 0 Å². The van der Waals surface area contributed by atoms with Crippen LogP contribution in [0.3, 0.4) is 0 Å². The van der Waals surface area contributed by atoms with E-state index in [4.69, 9.17) is 11.0 Å². The van der Waals surface area contributed by atoms with E-state index in [9.17, 15) is 13.2 Å². The Labute approximate surface area is 126 Å². The van der Waals surface area contributed by atoms with Gasteiger partial charge in [0.15, 0.2) is 0 Å².